The van der Waals surface area contributed by atoms with Gasteiger partial charge in [0.1, 0.15) is 0 Å². The predicted molar refractivity (Wildman–Crippen MR) is 76.0 cm³/mol. The summed E-state index contributed by atoms with van der Waals surface area (Å²) in [4.78, 5) is 11.9. The third-order valence-electron chi connectivity index (χ3n) is 2.29. The molecular weight excluding hydrogens is 325 g/mol. The number of hydrogen-bond donors (Lipinski definition) is 1. The van der Waals surface area contributed by atoms with Gasteiger partial charge in [-0.3, -0.25) is 4.79 Å². The second kappa shape index (κ2) is 6.07. The average molecular weight is 339 g/mol. The summed E-state index contributed by atoms with van der Waals surface area (Å²) in [6, 6.07) is 5.26. The first kappa shape index (κ1) is 14.8. The van der Waals surface area contributed by atoms with Crippen molar-refractivity contribution in [3.8, 4) is 0 Å². The van der Waals surface area contributed by atoms with Crippen LogP contribution in [-0.4, -0.2) is 18.3 Å². The maximum atomic E-state index is 11.9. The number of nitrogens with one attached hydrogen (secondary N) is 1. The van der Waals surface area contributed by atoms with E-state index in [2.05, 4.69) is 21.2 Å². The number of hydrogen-bond acceptors (Lipinski definition) is 1. The molecule has 0 radical (unpaired) electrons. The molecule has 1 N–H and O–H groups in total. The van der Waals surface area contributed by atoms with Crippen LogP contribution in [0.2, 0.25) is 5.02 Å². The molecule has 0 atom stereocenters. The van der Waals surface area contributed by atoms with Crippen molar-refractivity contribution >= 4 is 45.0 Å². The minimum atomic E-state index is -0.186. The number of carbonyl (C=O) groups excluding carboxylic acids is 1. The molecule has 0 unspecified atom stereocenters. The van der Waals surface area contributed by atoms with Crippen LogP contribution in [0.5, 0.6) is 0 Å². The third-order valence-corrected chi connectivity index (χ3v) is 4.31. The largest absolute Gasteiger partial charge is 0.351 e. The van der Waals surface area contributed by atoms with Gasteiger partial charge in [0.25, 0.3) is 5.91 Å². The van der Waals surface area contributed by atoms with Gasteiger partial charge in [0.2, 0.25) is 0 Å². The highest BCUT2D eigenvalue weighted by Crippen LogP contribution is 2.26. The SMILES string of the molecule is CC(C)(CCl)CNC(=O)c1cccc(Br)c1Cl. The first-order valence-electron chi connectivity index (χ1n) is 5.15. The van der Waals surface area contributed by atoms with Crippen molar-refractivity contribution in [3.63, 3.8) is 0 Å². The molecule has 1 rings (SSSR count). The molecular formula is C12H14BrCl2NO. The first-order valence-corrected chi connectivity index (χ1v) is 6.86. The number of amides is 1. The zero-order valence-electron chi connectivity index (χ0n) is 9.69. The van der Waals surface area contributed by atoms with E-state index >= 15 is 0 Å². The van der Waals surface area contributed by atoms with Gasteiger partial charge < -0.3 is 5.32 Å². The van der Waals surface area contributed by atoms with Crippen LogP contribution in [0.3, 0.4) is 0 Å². The summed E-state index contributed by atoms with van der Waals surface area (Å²) in [5, 5.41) is 3.25. The molecule has 1 amide bonds. The number of carbonyl (C=O) groups is 1. The van der Waals surface area contributed by atoms with Crippen molar-refractivity contribution in [2.24, 2.45) is 5.41 Å². The van der Waals surface area contributed by atoms with E-state index in [1.807, 2.05) is 13.8 Å². The first-order chi connectivity index (χ1) is 7.87. The lowest BCUT2D eigenvalue weighted by molar-refractivity contribution is 0.0940. The van der Waals surface area contributed by atoms with Crippen molar-refractivity contribution in [1.82, 2.24) is 5.32 Å². The maximum Gasteiger partial charge on any atom is 0.252 e. The normalized spacial score (nSPS) is 11.4. The highest BCUT2D eigenvalue weighted by atomic mass is 79.9. The number of rotatable bonds is 4. The van der Waals surface area contributed by atoms with E-state index in [0.29, 0.717) is 27.5 Å². The maximum absolute atomic E-state index is 11.9. The summed E-state index contributed by atoms with van der Waals surface area (Å²) in [6.07, 6.45) is 0. The molecule has 0 bridgehead atoms. The standard InChI is InChI=1S/C12H14BrCl2NO/c1-12(2,6-14)7-16-11(17)8-4-3-5-9(13)10(8)15/h3-5H,6-7H2,1-2H3,(H,16,17). The van der Waals surface area contributed by atoms with E-state index in [-0.39, 0.29) is 11.3 Å². The van der Waals surface area contributed by atoms with Gasteiger partial charge in [-0.25, -0.2) is 0 Å². The molecule has 1 aromatic rings. The molecule has 0 aliphatic rings. The molecule has 2 nitrogen and oxygen atoms in total. The molecule has 0 heterocycles. The molecule has 0 fully saturated rings. The summed E-state index contributed by atoms with van der Waals surface area (Å²) in [6.45, 7) is 4.49. The van der Waals surface area contributed by atoms with Crippen molar-refractivity contribution in [1.29, 1.82) is 0 Å². The molecule has 0 aromatic heterocycles. The van der Waals surface area contributed by atoms with Crippen molar-refractivity contribution in [2.45, 2.75) is 13.8 Å². The summed E-state index contributed by atoms with van der Waals surface area (Å²) in [7, 11) is 0. The van der Waals surface area contributed by atoms with Crippen molar-refractivity contribution in [3.05, 3.63) is 33.3 Å². The Hall–Kier alpha value is -0.250. The van der Waals surface area contributed by atoms with Crippen LogP contribution in [-0.2, 0) is 0 Å². The van der Waals surface area contributed by atoms with E-state index in [0.717, 1.165) is 0 Å². The Kier molecular flexibility index (Phi) is 5.29. The van der Waals surface area contributed by atoms with E-state index < -0.39 is 0 Å². The average Bonchev–Trinajstić information content (AvgIpc) is 2.30. The Morgan fingerprint density at radius 3 is 2.71 bits per heavy atom. The molecule has 5 heteroatoms. The van der Waals surface area contributed by atoms with Gasteiger partial charge in [-0.2, -0.15) is 0 Å². The fourth-order valence-corrected chi connectivity index (χ4v) is 1.81. The highest BCUT2D eigenvalue weighted by molar-refractivity contribution is 9.10. The molecule has 0 aliphatic carbocycles. The minimum Gasteiger partial charge on any atom is -0.351 e. The summed E-state index contributed by atoms with van der Waals surface area (Å²) >= 11 is 15.1. The Bertz CT molecular complexity index is 421. The number of halogens is 3. The summed E-state index contributed by atoms with van der Waals surface area (Å²) in [5.74, 6) is 0.300. The fourth-order valence-electron chi connectivity index (χ4n) is 1.14. The molecule has 1 aromatic carbocycles. The summed E-state index contributed by atoms with van der Waals surface area (Å²) < 4.78 is 0.712. The quantitative estimate of drug-likeness (QED) is 0.823. The fraction of sp³-hybridized carbons (Fsp3) is 0.417. The lowest BCUT2D eigenvalue weighted by Gasteiger charge is -2.21. The number of alkyl halides is 1. The Morgan fingerprint density at radius 1 is 1.47 bits per heavy atom. The van der Waals surface area contributed by atoms with E-state index in [1.54, 1.807) is 18.2 Å². The van der Waals surface area contributed by atoms with Gasteiger partial charge in [0, 0.05) is 16.9 Å². The van der Waals surface area contributed by atoms with E-state index in [4.69, 9.17) is 23.2 Å². The van der Waals surface area contributed by atoms with Crippen molar-refractivity contribution < 1.29 is 4.79 Å². The van der Waals surface area contributed by atoms with Crippen LogP contribution < -0.4 is 5.32 Å². The topological polar surface area (TPSA) is 29.1 Å². The lowest BCUT2D eigenvalue weighted by Crippen LogP contribution is -2.35. The third kappa shape index (κ3) is 4.16. The molecule has 0 spiro atoms. The monoisotopic (exact) mass is 337 g/mol. The predicted octanol–water partition coefficient (Wildman–Crippen LogP) is 4.10. The Labute approximate surface area is 120 Å². The van der Waals surface area contributed by atoms with Gasteiger partial charge in [0.05, 0.1) is 10.6 Å². The van der Waals surface area contributed by atoms with Crippen LogP contribution in [0.4, 0.5) is 0 Å². The van der Waals surface area contributed by atoms with Gasteiger partial charge in [-0.05, 0) is 33.5 Å². The Morgan fingerprint density at radius 2 is 2.12 bits per heavy atom. The summed E-state index contributed by atoms with van der Waals surface area (Å²) in [5.41, 5.74) is 0.335. The van der Waals surface area contributed by atoms with Crippen LogP contribution in [0.15, 0.2) is 22.7 Å². The van der Waals surface area contributed by atoms with Crippen LogP contribution >= 0.6 is 39.1 Å². The van der Waals surface area contributed by atoms with E-state index in [9.17, 15) is 4.79 Å². The lowest BCUT2D eigenvalue weighted by atomic mass is 9.96. The van der Waals surface area contributed by atoms with Crippen molar-refractivity contribution in [2.75, 3.05) is 12.4 Å². The smallest absolute Gasteiger partial charge is 0.252 e. The molecule has 0 saturated carbocycles. The van der Waals surface area contributed by atoms with Gasteiger partial charge in [-0.1, -0.05) is 31.5 Å². The second-order valence-electron chi connectivity index (χ2n) is 4.58. The molecule has 0 aliphatic heterocycles. The molecule has 94 valence electrons. The van der Waals surface area contributed by atoms with E-state index in [1.165, 1.54) is 0 Å². The van der Waals surface area contributed by atoms with Crippen LogP contribution in [0, 0.1) is 5.41 Å². The zero-order chi connectivity index (χ0) is 13.1. The van der Waals surface area contributed by atoms with Crippen LogP contribution in [0.25, 0.3) is 0 Å². The molecule has 17 heavy (non-hydrogen) atoms. The minimum absolute atomic E-state index is 0.129. The van der Waals surface area contributed by atoms with Gasteiger partial charge in [0.15, 0.2) is 0 Å². The highest BCUT2D eigenvalue weighted by Gasteiger charge is 2.19. The second-order valence-corrected chi connectivity index (χ2v) is 6.08. The Balaban J connectivity index is 2.74. The zero-order valence-corrected chi connectivity index (χ0v) is 12.8. The van der Waals surface area contributed by atoms with Gasteiger partial charge >= 0.3 is 0 Å². The number of benzene rings is 1. The molecule has 0 saturated heterocycles. The van der Waals surface area contributed by atoms with Gasteiger partial charge in [-0.15, -0.1) is 11.6 Å². The van der Waals surface area contributed by atoms with Crippen LogP contribution in [0.1, 0.15) is 24.2 Å².